The summed E-state index contributed by atoms with van der Waals surface area (Å²) in [6, 6.07) is 19.4. The number of halogens is 3. The number of nitrogens with two attached hydrogens (primary N) is 1. The smallest absolute Gasteiger partial charge is 0.376 e. The second-order valence-electron chi connectivity index (χ2n) is 10.7. The zero-order chi connectivity index (χ0) is 31.5. The minimum absolute atomic E-state index is 0.0599. The molecular weight excluding hydrogens is 579 g/mol. The molecule has 3 aromatic rings. The molecule has 0 bridgehead atoms. The van der Waals surface area contributed by atoms with Crippen LogP contribution in [0.15, 0.2) is 79.0 Å². The molecule has 2 N–H and O–H groups in total. The van der Waals surface area contributed by atoms with Gasteiger partial charge in [0.2, 0.25) is 11.8 Å². The molecule has 5 rings (SSSR count). The highest BCUT2D eigenvalue weighted by atomic mass is 19.4. The molecular formula is C31H30F3N5O5. The molecule has 0 saturated carbocycles. The van der Waals surface area contributed by atoms with Crippen LogP contribution in [0, 0.1) is 0 Å². The lowest BCUT2D eigenvalue weighted by molar-refractivity contribution is -0.157. The predicted molar refractivity (Wildman–Crippen MR) is 151 cm³/mol. The lowest BCUT2D eigenvalue weighted by Crippen LogP contribution is -2.65. The second kappa shape index (κ2) is 12.4. The largest absolute Gasteiger partial charge is 0.406 e. The Morgan fingerprint density at radius 3 is 2.36 bits per heavy atom. The van der Waals surface area contributed by atoms with E-state index in [0.29, 0.717) is 11.3 Å². The van der Waals surface area contributed by atoms with Gasteiger partial charge in [0.15, 0.2) is 0 Å². The lowest BCUT2D eigenvalue weighted by Gasteiger charge is -2.45. The number of aromatic nitrogens is 1. The van der Waals surface area contributed by atoms with E-state index in [9.17, 15) is 32.3 Å². The molecule has 0 aliphatic carbocycles. The van der Waals surface area contributed by atoms with Crippen molar-refractivity contribution in [3.05, 3.63) is 101 Å². The molecule has 3 heterocycles. The van der Waals surface area contributed by atoms with Crippen molar-refractivity contribution in [1.82, 2.24) is 19.7 Å². The Kier molecular flexibility index (Phi) is 8.68. The second-order valence-corrected chi connectivity index (χ2v) is 10.7. The van der Waals surface area contributed by atoms with E-state index in [4.69, 9.17) is 10.5 Å². The number of fused-ring (bicyclic) bond motifs is 1. The summed E-state index contributed by atoms with van der Waals surface area (Å²) in [7, 11) is 0. The zero-order valence-corrected chi connectivity index (χ0v) is 23.6. The Hall–Kier alpha value is -4.78. The Labute approximate surface area is 251 Å². The maximum absolute atomic E-state index is 14.3. The van der Waals surface area contributed by atoms with Gasteiger partial charge in [0, 0.05) is 37.0 Å². The predicted octanol–water partition coefficient (Wildman–Crippen LogP) is 3.13. The fraction of sp³-hybridized carbons (Fsp3) is 0.323. The number of hydrogen-bond acceptors (Lipinski definition) is 6. The molecule has 2 fully saturated rings. The highest BCUT2D eigenvalue weighted by Crippen LogP contribution is 2.37. The number of alkyl halides is 3. The van der Waals surface area contributed by atoms with Gasteiger partial charge in [-0.15, -0.1) is 0 Å². The number of rotatable bonds is 10. The van der Waals surface area contributed by atoms with Gasteiger partial charge in [0.25, 0.3) is 5.91 Å². The van der Waals surface area contributed by atoms with Crippen LogP contribution in [-0.2, 0) is 27.4 Å². The third kappa shape index (κ3) is 6.27. The molecule has 44 heavy (non-hydrogen) atoms. The molecule has 2 aromatic carbocycles. The molecule has 2 saturated heterocycles. The molecule has 1 aromatic heterocycles. The van der Waals surface area contributed by atoms with Crippen LogP contribution in [-0.4, -0.2) is 87.9 Å². The molecule has 2 unspecified atom stereocenters. The Balaban J connectivity index is 1.48. The van der Waals surface area contributed by atoms with Crippen molar-refractivity contribution in [3.63, 3.8) is 0 Å². The van der Waals surface area contributed by atoms with Crippen molar-refractivity contribution in [2.45, 2.75) is 30.7 Å². The number of amides is 5. The van der Waals surface area contributed by atoms with Crippen LogP contribution in [0.3, 0.4) is 0 Å². The zero-order valence-electron chi connectivity index (χ0n) is 23.6. The molecule has 0 spiro atoms. The van der Waals surface area contributed by atoms with E-state index in [1.54, 1.807) is 36.4 Å². The van der Waals surface area contributed by atoms with E-state index in [-0.39, 0.29) is 49.7 Å². The van der Waals surface area contributed by atoms with Gasteiger partial charge < -0.3 is 20.3 Å². The van der Waals surface area contributed by atoms with E-state index in [0.717, 1.165) is 10.5 Å². The summed E-state index contributed by atoms with van der Waals surface area (Å²) in [5.74, 6) is -3.38. The highest BCUT2D eigenvalue weighted by Gasteiger charge is 2.61. The van der Waals surface area contributed by atoms with Gasteiger partial charge in [-0.2, -0.15) is 13.2 Å². The number of nitrogens with zero attached hydrogens (tertiary/aromatic N) is 4. The summed E-state index contributed by atoms with van der Waals surface area (Å²) >= 11 is 0. The fourth-order valence-electron chi connectivity index (χ4n) is 5.81. The van der Waals surface area contributed by atoms with Crippen LogP contribution < -0.4 is 5.73 Å². The summed E-state index contributed by atoms with van der Waals surface area (Å²) in [5.41, 5.74) is 5.45. The minimum Gasteiger partial charge on any atom is -0.376 e. The first-order valence-electron chi connectivity index (χ1n) is 13.9. The van der Waals surface area contributed by atoms with Crippen molar-refractivity contribution in [2.24, 2.45) is 5.73 Å². The number of ether oxygens (including phenoxy) is 1. The van der Waals surface area contributed by atoms with Gasteiger partial charge in [0.1, 0.15) is 12.1 Å². The van der Waals surface area contributed by atoms with E-state index in [1.165, 1.54) is 17.2 Å². The molecule has 13 heteroatoms. The maximum Gasteiger partial charge on any atom is 0.406 e. The van der Waals surface area contributed by atoms with Gasteiger partial charge in [-0.1, -0.05) is 54.6 Å². The van der Waals surface area contributed by atoms with Crippen molar-refractivity contribution < 1.29 is 37.1 Å². The van der Waals surface area contributed by atoms with E-state index < -0.39 is 47.9 Å². The summed E-state index contributed by atoms with van der Waals surface area (Å²) in [4.78, 5) is 60.4. The summed E-state index contributed by atoms with van der Waals surface area (Å²) in [6.07, 6.45) is -3.55. The van der Waals surface area contributed by atoms with Crippen LogP contribution in [0.25, 0.3) is 0 Å². The number of pyridine rings is 1. The van der Waals surface area contributed by atoms with Crippen molar-refractivity contribution in [2.75, 3.05) is 32.8 Å². The maximum atomic E-state index is 14.3. The molecule has 230 valence electrons. The quantitative estimate of drug-likeness (QED) is 0.352. The minimum atomic E-state index is -4.82. The van der Waals surface area contributed by atoms with Crippen LogP contribution in [0.4, 0.5) is 18.0 Å². The van der Waals surface area contributed by atoms with Crippen LogP contribution >= 0.6 is 0 Å². The van der Waals surface area contributed by atoms with Gasteiger partial charge in [-0.05, 0) is 29.3 Å². The Morgan fingerprint density at radius 1 is 0.977 bits per heavy atom. The average molecular weight is 610 g/mol. The summed E-state index contributed by atoms with van der Waals surface area (Å²) < 4.78 is 46.2. The van der Waals surface area contributed by atoms with Crippen LogP contribution in [0.2, 0.25) is 0 Å². The third-order valence-electron chi connectivity index (χ3n) is 7.81. The molecule has 2 atom stereocenters. The number of imide groups is 1. The number of primary amides is 1. The molecule has 0 radical (unpaired) electrons. The third-order valence-corrected chi connectivity index (χ3v) is 7.81. The van der Waals surface area contributed by atoms with Gasteiger partial charge in [0.05, 0.1) is 25.7 Å². The first-order valence-corrected chi connectivity index (χ1v) is 13.9. The first-order chi connectivity index (χ1) is 21.0. The molecule has 2 aliphatic rings. The van der Waals surface area contributed by atoms with Crippen molar-refractivity contribution in [1.29, 1.82) is 0 Å². The Bertz CT molecular complexity index is 1540. The molecule has 2 aliphatic heterocycles. The summed E-state index contributed by atoms with van der Waals surface area (Å²) in [5, 5.41) is 0. The topological polar surface area (TPSA) is 126 Å². The normalized spacial score (nSPS) is 19.2. The molecule has 5 amide bonds. The van der Waals surface area contributed by atoms with E-state index >= 15 is 0 Å². The standard InChI is InChI=1S/C31H30F3N5O5/c32-31(33,34)20-38-28(42)30(16-22-10-6-7-13-36-22)19-37(14-15-39(30)29(38)43)27(41)25(18-44-17-21-8-2-1-3-9-21)23-11-4-5-12-24(23)26(35)40/h1-13,25H,14-20H2,(H2,35,40). The van der Waals surface area contributed by atoms with Crippen LogP contribution in [0.5, 0.6) is 0 Å². The number of carbonyl (C=O) groups is 4. The van der Waals surface area contributed by atoms with E-state index in [1.807, 2.05) is 30.3 Å². The van der Waals surface area contributed by atoms with Gasteiger partial charge in [-0.25, -0.2) is 4.79 Å². The first kappa shape index (κ1) is 30.7. The van der Waals surface area contributed by atoms with Crippen molar-refractivity contribution >= 4 is 23.8 Å². The Morgan fingerprint density at radius 2 is 1.68 bits per heavy atom. The van der Waals surface area contributed by atoms with E-state index in [2.05, 4.69) is 4.98 Å². The molecule has 10 nitrogen and oxygen atoms in total. The summed E-state index contributed by atoms with van der Waals surface area (Å²) in [6.45, 7) is -2.36. The lowest BCUT2D eigenvalue weighted by atomic mass is 9.87. The number of benzene rings is 2. The number of hydrogen-bond donors (Lipinski definition) is 1. The number of piperazine rings is 1. The van der Waals surface area contributed by atoms with Crippen LogP contribution in [0.1, 0.15) is 33.1 Å². The number of urea groups is 1. The van der Waals surface area contributed by atoms with Gasteiger partial charge in [-0.3, -0.25) is 24.3 Å². The SMILES string of the molecule is NC(=O)c1ccccc1C(COCc1ccccc1)C(=O)N1CCN2C(=O)N(CC(F)(F)F)C(=O)C2(Cc2ccccn2)C1. The monoisotopic (exact) mass is 609 g/mol. The number of carbonyl (C=O) groups excluding carboxylic acids is 4. The van der Waals surface area contributed by atoms with Crippen molar-refractivity contribution in [3.8, 4) is 0 Å². The van der Waals surface area contributed by atoms with Gasteiger partial charge >= 0.3 is 12.2 Å². The fourth-order valence-corrected chi connectivity index (χ4v) is 5.81. The average Bonchev–Trinajstić information content (AvgIpc) is 3.20. The highest BCUT2D eigenvalue weighted by molar-refractivity contribution is 6.08.